The van der Waals surface area contributed by atoms with E-state index in [-0.39, 0.29) is 0 Å². The topological polar surface area (TPSA) is 37.4 Å². The maximum atomic E-state index is 5.31. The largest absolute Gasteiger partial charge is 0.384 e. The van der Waals surface area contributed by atoms with E-state index >= 15 is 0 Å². The van der Waals surface area contributed by atoms with Crippen LogP contribution in [0, 0.1) is 5.92 Å². The molecule has 1 N–H and O–H groups in total. The molecule has 112 valence electrons. The van der Waals surface area contributed by atoms with Crippen LogP contribution in [-0.2, 0) is 11.3 Å². The highest BCUT2D eigenvalue weighted by molar-refractivity contribution is 5.47. The number of methoxy groups -OCH3 is 1. The summed E-state index contributed by atoms with van der Waals surface area (Å²) in [5.74, 6) is 0.656. The van der Waals surface area contributed by atoms with Crippen LogP contribution in [0.5, 0.6) is 0 Å². The third kappa shape index (κ3) is 4.46. The molecule has 0 spiro atoms. The lowest BCUT2D eigenvalue weighted by molar-refractivity contribution is 0.143. The van der Waals surface area contributed by atoms with Gasteiger partial charge in [0.1, 0.15) is 0 Å². The van der Waals surface area contributed by atoms with Crippen molar-refractivity contribution in [1.82, 2.24) is 10.3 Å². The third-order valence-electron chi connectivity index (χ3n) is 3.82. The van der Waals surface area contributed by atoms with E-state index in [4.69, 9.17) is 4.74 Å². The number of rotatable bonds is 7. The van der Waals surface area contributed by atoms with E-state index in [0.29, 0.717) is 5.92 Å². The Balaban J connectivity index is 1.95. The van der Waals surface area contributed by atoms with Crippen LogP contribution in [0.15, 0.2) is 18.3 Å². The summed E-state index contributed by atoms with van der Waals surface area (Å²) < 4.78 is 5.31. The van der Waals surface area contributed by atoms with Gasteiger partial charge in [-0.1, -0.05) is 6.92 Å². The van der Waals surface area contributed by atoms with Crippen molar-refractivity contribution in [2.24, 2.45) is 5.92 Å². The first kappa shape index (κ1) is 15.3. The second kappa shape index (κ2) is 8.22. The highest BCUT2D eigenvalue weighted by atomic mass is 16.5. The smallest absolute Gasteiger partial charge is 0.0562 e. The Morgan fingerprint density at radius 2 is 2.40 bits per heavy atom. The number of hydrogen-bond donors (Lipinski definition) is 1. The molecule has 1 aliphatic heterocycles. The van der Waals surface area contributed by atoms with Crippen LogP contribution in [-0.4, -0.2) is 38.3 Å². The average Bonchev–Trinajstić information content (AvgIpc) is 2.49. The number of nitrogens with one attached hydrogen (secondary N) is 1. The second-order valence-electron chi connectivity index (χ2n) is 5.59. The van der Waals surface area contributed by atoms with Crippen LogP contribution in [0.1, 0.15) is 31.9 Å². The van der Waals surface area contributed by atoms with Crippen molar-refractivity contribution in [2.75, 3.05) is 38.3 Å². The Bertz CT molecular complexity index is 395. The van der Waals surface area contributed by atoms with Gasteiger partial charge in [0.2, 0.25) is 0 Å². The Hall–Kier alpha value is -1.13. The molecule has 4 heteroatoms. The van der Waals surface area contributed by atoms with Crippen molar-refractivity contribution >= 4 is 5.69 Å². The molecular formula is C16H27N3O. The van der Waals surface area contributed by atoms with Gasteiger partial charge in [0.15, 0.2) is 0 Å². The van der Waals surface area contributed by atoms with Gasteiger partial charge in [0, 0.05) is 38.6 Å². The molecule has 0 aromatic carbocycles. The minimum absolute atomic E-state index is 0.656. The summed E-state index contributed by atoms with van der Waals surface area (Å²) in [5.41, 5.74) is 2.43. The van der Waals surface area contributed by atoms with Crippen molar-refractivity contribution < 1.29 is 4.74 Å². The Kier molecular flexibility index (Phi) is 6.27. The summed E-state index contributed by atoms with van der Waals surface area (Å²) in [6, 6.07) is 4.34. The van der Waals surface area contributed by atoms with Crippen LogP contribution >= 0.6 is 0 Å². The summed E-state index contributed by atoms with van der Waals surface area (Å²) in [6.45, 7) is 7.20. The molecule has 1 saturated heterocycles. The quantitative estimate of drug-likeness (QED) is 0.777. The Morgan fingerprint density at radius 3 is 3.20 bits per heavy atom. The first-order valence-electron chi connectivity index (χ1n) is 7.73. The van der Waals surface area contributed by atoms with Gasteiger partial charge < -0.3 is 15.0 Å². The molecule has 0 radical (unpaired) electrons. The summed E-state index contributed by atoms with van der Waals surface area (Å²) in [7, 11) is 1.79. The minimum Gasteiger partial charge on any atom is -0.384 e. The molecule has 1 fully saturated rings. The molecule has 2 heterocycles. The zero-order chi connectivity index (χ0) is 14.2. The van der Waals surface area contributed by atoms with Crippen LogP contribution in [0.4, 0.5) is 5.69 Å². The third-order valence-corrected chi connectivity index (χ3v) is 3.82. The molecule has 0 saturated carbocycles. The van der Waals surface area contributed by atoms with Gasteiger partial charge in [0.25, 0.3) is 0 Å². The van der Waals surface area contributed by atoms with Gasteiger partial charge in [-0.05, 0) is 43.9 Å². The molecular weight excluding hydrogens is 250 g/mol. The van der Waals surface area contributed by atoms with E-state index < -0.39 is 0 Å². The van der Waals surface area contributed by atoms with Crippen LogP contribution < -0.4 is 10.2 Å². The molecule has 1 unspecified atom stereocenters. The summed E-state index contributed by atoms with van der Waals surface area (Å²) in [6.07, 6.45) is 5.61. The van der Waals surface area contributed by atoms with Crippen molar-refractivity contribution in [3.8, 4) is 0 Å². The maximum absolute atomic E-state index is 5.31. The Labute approximate surface area is 122 Å². The Morgan fingerprint density at radius 1 is 1.50 bits per heavy atom. The van der Waals surface area contributed by atoms with Gasteiger partial charge in [-0.15, -0.1) is 0 Å². The molecule has 0 aliphatic carbocycles. The first-order valence-corrected chi connectivity index (χ1v) is 7.73. The molecule has 20 heavy (non-hydrogen) atoms. The molecule has 1 atom stereocenters. The summed E-state index contributed by atoms with van der Waals surface area (Å²) in [4.78, 5) is 6.92. The predicted octanol–water partition coefficient (Wildman–Crippen LogP) is 2.44. The van der Waals surface area contributed by atoms with Crippen LogP contribution in [0.3, 0.4) is 0 Å². The average molecular weight is 277 g/mol. The van der Waals surface area contributed by atoms with Crippen molar-refractivity contribution in [1.29, 1.82) is 0 Å². The highest BCUT2D eigenvalue weighted by Crippen LogP contribution is 2.23. The predicted molar refractivity (Wildman–Crippen MR) is 83.0 cm³/mol. The van der Waals surface area contributed by atoms with Crippen molar-refractivity contribution in [2.45, 2.75) is 32.7 Å². The van der Waals surface area contributed by atoms with Crippen LogP contribution in [0.25, 0.3) is 0 Å². The molecule has 1 aromatic heterocycles. The van der Waals surface area contributed by atoms with Crippen molar-refractivity contribution in [3.63, 3.8) is 0 Å². The fourth-order valence-electron chi connectivity index (χ4n) is 2.82. The fraction of sp³-hybridized carbons (Fsp3) is 0.688. The normalized spacial score (nSPS) is 19.3. The summed E-state index contributed by atoms with van der Waals surface area (Å²) in [5, 5.41) is 3.41. The molecule has 0 amide bonds. The van der Waals surface area contributed by atoms with Gasteiger partial charge in [-0.3, -0.25) is 4.98 Å². The van der Waals surface area contributed by atoms with E-state index in [0.717, 1.165) is 44.9 Å². The molecule has 1 aromatic rings. The van der Waals surface area contributed by atoms with E-state index in [9.17, 15) is 0 Å². The van der Waals surface area contributed by atoms with Crippen molar-refractivity contribution in [3.05, 3.63) is 24.0 Å². The second-order valence-corrected chi connectivity index (χ2v) is 5.59. The number of ether oxygens (including phenoxy) is 1. The lowest BCUT2D eigenvalue weighted by Gasteiger charge is -2.34. The zero-order valence-electron chi connectivity index (χ0n) is 12.8. The standard InChI is InChI=1S/C16H27N3O/c1-3-7-17-11-15-10-16(6-8-18-15)19-9-4-5-14(12-19)13-20-2/h6,8,10,14,17H,3-5,7,9,11-13H2,1-2H3. The highest BCUT2D eigenvalue weighted by Gasteiger charge is 2.20. The number of pyridine rings is 1. The molecule has 4 nitrogen and oxygen atoms in total. The van der Waals surface area contributed by atoms with Crippen LogP contribution in [0.2, 0.25) is 0 Å². The SMILES string of the molecule is CCCNCc1cc(N2CCCC(COC)C2)ccn1. The number of aromatic nitrogens is 1. The molecule has 0 bridgehead atoms. The van der Waals surface area contributed by atoms with E-state index in [1.165, 1.54) is 18.5 Å². The van der Waals surface area contributed by atoms with Gasteiger partial charge in [0.05, 0.1) is 12.3 Å². The number of hydrogen-bond acceptors (Lipinski definition) is 4. The number of nitrogens with zero attached hydrogens (tertiary/aromatic N) is 2. The first-order chi connectivity index (χ1) is 9.83. The molecule has 2 rings (SSSR count). The van der Waals surface area contributed by atoms with Gasteiger partial charge >= 0.3 is 0 Å². The fourth-order valence-corrected chi connectivity index (χ4v) is 2.82. The minimum atomic E-state index is 0.656. The zero-order valence-corrected chi connectivity index (χ0v) is 12.8. The maximum Gasteiger partial charge on any atom is 0.0562 e. The van der Waals surface area contributed by atoms with E-state index in [2.05, 4.69) is 34.3 Å². The van der Waals surface area contributed by atoms with E-state index in [1.54, 1.807) is 7.11 Å². The van der Waals surface area contributed by atoms with E-state index in [1.807, 2.05) is 6.20 Å². The molecule has 1 aliphatic rings. The summed E-state index contributed by atoms with van der Waals surface area (Å²) >= 11 is 0. The monoisotopic (exact) mass is 277 g/mol. The lowest BCUT2D eigenvalue weighted by Crippen LogP contribution is -2.37. The lowest BCUT2D eigenvalue weighted by atomic mass is 9.98. The van der Waals surface area contributed by atoms with Gasteiger partial charge in [-0.2, -0.15) is 0 Å². The van der Waals surface area contributed by atoms with Gasteiger partial charge in [-0.25, -0.2) is 0 Å². The number of anilines is 1. The number of piperidine rings is 1.